The van der Waals surface area contributed by atoms with E-state index in [1.807, 2.05) is 37.3 Å². The van der Waals surface area contributed by atoms with E-state index in [2.05, 4.69) is 50.0 Å². The number of aromatic nitrogens is 4. The van der Waals surface area contributed by atoms with Gasteiger partial charge in [0.2, 0.25) is 5.91 Å². The van der Waals surface area contributed by atoms with Crippen LogP contribution in [0.2, 0.25) is 0 Å². The highest BCUT2D eigenvalue weighted by atomic mass is 16.1. The Morgan fingerprint density at radius 1 is 1.10 bits per heavy atom. The van der Waals surface area contributed by atoms with Gasteiger partial charge in [-0.05, 0) is 73.0 Å². The fourth-order valence-electron chi connectivity index (χ4n) is 3.85. The predicted octanol–water partition coefficient (Wildman–Crippen LogP) is 3.21. The van der Waals surface area contributed by atoms with Crippen LogP contribution < -0.4 is 5.32 Å². The molecule has 1 amide bonds. The molecule has 0 atom stereocenters. The molecular weight excluding hydrogens is 364 g/mol. The van der Waals surface area contributed by atoms with E-state index in [9.17, 15) is 4.79 Å². The summed E-state index contributed by atoms with van der Waals surface area (Å²) in [5.74, 6) is 1.21. The minimum absolute atomic E-state index is 0.0668. The molecule has 1 N–H and O–H groups in total. The average molecular weight is 390 g/mol. The lowest BCUT2D eigenvalue weighted by Crippen LogP contribution is -2.34. The van der Waals surface area contributed by atoms with E-state index in [0.29, 0.717) is 18.2 Å². The monoisotopic (exact) mass is 390 g/mol. The molecule has 0 aliphatic carbocycles. The zero-order valence-corrected chi connectivity index (χ0v) is 16.7. The van der Waals surface area contributed by atoms with Gasteiger partial charge in [0.25, 0.3) is 0 Å². The van der Waals surface area contributed by atoms with Gasteiger partial charge < -0.3 is 5.32 Å². The summed E-state index contributed by atoms with van der Waals surface area (Å²) in [4.78, 5) is 15.0. The van der Waals surface area contributed by atoms with Crippen molar-refractivity contribution in [1.29, 1.82) is 0 Å². The van der Waals surface area contributed by atoms with Crippen molar-refractivity contribution in [3.05, 3.63) is 66.0 Å². The van der Waals surface area contributed by atoms with E-state index in [1.54, 1.807) is 4.68 Å². The molecule has 1 aliphatic heterocycles. The number of nitrogens with one attached hydrogen (secondary N) is 1. The zero-order chi connectivity index (χ0) is 20.1. The second-order valence-electron chi connectivity index (χ2n) is 7.65. The summed E-state index contributed by atoms with van der Waals surface area (Å²) in [5.41, 5.74) is 2.95. The summed E-state index contributed by atoms with van der Waals surface area (Å²) in [5, 5.41) is 14.6. The number of hydrogen-bond donors (Lipinski definition) is 1. The third-order valence-corrected chi connectivity index (χ3v) is 5.43. The Kier molecular flexibility index (Phi) is 5.95. The lowest BCUT2D eigenvalue weighted by molar-refractivity contribution is -0.117. The number of hydrogen-bond acceptors (Lipinski definition) is 5. The van der Waals surface area contributed by atoms with Gasteiger partial charge in [0.05, 0.1) is 5.69 Å². The first-order chi connectivity index (χ1) is 14.2. The Bertz CT molecular complexity index is 947. The SMILES string of the molecule is Cc1nnnn1-c1cccc(NC(=O)CC2CCN(Cc3ccccc3)CC2)c1. The number of likely N-dealkylation sites (tertiary alicyclic amines) is 1. The van der Waals surface area contributed by atoms with Crippen LogP contribution in [0.1, 0.15) is 30.7 Å². The van der Waals surface area contributed by atoms with Gasteiger partial charge in [0.1, 0.15) is 0 Å². The number of tetrazole rings is 1. The predicted molar refractivity (Wildman–Crippen MR) is 112 cm³/mol. The minimum atomic E-state index is 0.0668. The second-order valence-corrected chi connectivity index (χ2v) is 7.65. The highest BCUT2D eigenvalue weighted by molar-refractivity contribution is 5.91. The Morgan fingerprint density at radius 2 is 1.90 bits per heavy atom. The van der Waals surface area contributed by atoms with E-state index < -0.39 is 0 Å². The molecule has 4 rings (SSSR count). The zero-order valence-electron chi connectivity index (χ0n) is 16.7. The van der Waals surface area contributed by atoms with Crippen molar-refractivity contribution >= 4 is 11.6 Å². The number of rotatable bonds is 6. The molecule has 0 radical (unpaired) electrons. The molecule has 7 nitrogen and oxygen atoms in total. The Morgan fingerprint density at radius 3 is 2.62 bits per heavy atom. The van der Waals surface area contributed by atoms with Gasteiger partial charge in [0, 0.05) is 18.7 Å². The molecule has 1 saturated heterocycles. The summed E-state index contributed by atoms with van der Waals surface area (Å²) < 4.78 is 1.65. The van der Waals surface area contributed by atoms with Crippen LogP contribution in [-0.2, 0) is 11.3 Å². The lowest BCUT2D eigenvalue weighted by Gasteiger charge is -2.31. The van der Waals surface area contributed by atoms with Crippen molar-refractivity contribution in [2.45, 2.75) is 32.7 Å². The molecule has 1 aliphatic rings. The largest absolute Gasteiger partial charge is 0.326 e. The van der Waals surface area contributed by atoms with E-state index in [0.717, 1.165) is 43.9 Å². The molecular formula is C22H26N6O. The van der Waals surface area contributed by atoms with E-state index in [1.165, 1.54) is 5.56 Å². The molecule has 0 unspecified atom stereocenters. The van der Waals surface area contributed by atoms with E-state index in [-0.39, 0.29) is 5.91 Å². The third-order valence-electron chi connectivity index (χ3n) is 5.43. The first-order valence-electron chi connectivity index (χ1n) is 10.1. The van der Waals surface area contributed by atoms with Gasteiger partial charge in [-0.1, -0.05) is 36.4 Å². The van der Waals surface area contributed by atoms with Crippen LogP contribution in [0.15, 0.2) is 54.6 Å². The average Bonchev–Trinajstić information content (AvgIpc) is 3.16. The summed E-state index contributed by atoms with van der Waals surface area (Å²) in [6, 6.07) is 18.2. The number of nitrogens with zero attached hydrogens (tertiary/aromatic N) is 5. The smallest absolute Gasteiger partial charge is 0.224 e. The number of benzene rings is 2. The van der Waals surface area contributed by atoms with Crippen LogP contribution in [-0.4, -0.2) is 44.1 Å². The van der Waals surface area contributed by atoms with Crippen LogP contribution in [0.25, 0.3) is 5.69 Å². The molecule has 7 heteroatoms. The van der Waals surface area contributed by atoms with Gasteiger partial charge in [-0.15, -0.1) is 5.10 Å². The molecule has 0 bridgehead atoms. The minimum Gasteiger partial charge on any atom is -0.326 e. The van der Waals surface area contributed by atoms with Crippen LogP contribution in [0, 0.1) is 12.8 Å². The maximum absolute atomic E-state index is 12.5. The number of amides is 1. The number of anilines is 1. The highest BCUT2D eigenvalue weighted by Crippen LogP contribution is 2.23. The lowest BCUT2D eigenvalue weighted by atomic mass is 9.93. The van der Waals surface area contributed by atoms with E-state index in [4.69, 9.17) is 0 Å². The van der Waals surface area contributed by atoms with Crippen LogP contribution >= 0.6 is 0 Å². The van der Waals surface area contributed by atoms with Crippen molar-refractivity contribution in [3.63, 3.8) is 0 Å². The molecule has 150 valence electrons. The normalized spacial score (nSPS) is 15.3. The van der Waals surface area contributed by atoms with Crippen molar-refractivity contribution < 1.29 is 4.79 Å². The van der Waals surface area contributed by atoms with Gasteiger partial charge in [-0.3, -0.25) is 9.69 Å². The van der Waals surface area contributed by atoms with Crippen molar-refractivity contribution in [2.24, 2.45) is 5.92 Å². The van der Waals surface area contributed by atoms with Crippen molar-refractivity contribution in [3.8, 4) is 5.69 Å². The molecule has 29 heavy (non-hydrogen) atoms. The van der Waals surface area contributed by atoms with E-state index >= 15 is 0 Å². The Balaban J connectivity index is 1.27. The number of aryl methyl sites for hydroxylation is 1. The molecule has 0 saturated carbocycles. The van der Waals surface area contributed by atoms with Crippen LogP contribution in [0.3, 0.4) is 0 Å². The fourth-order valence-corrected chi connectivity index (χ4v) is 3.85. The fraction of sp³-hybridized carbons (Fsp3) is 0.364. The Labute approximate surface area is 170 Å². The third kappa shape index (κ3) is 5.06. The first-order valence-corrected chi connectivity index (χ1v) is 10.1. The summed E-state index contributed by atoms with van der Waals surface area (Å²) in [6.45, 7) is 4.92. The van der Waals surface area contributed by atoms with Gasteiger partial charge in [-0.2, -0.15) is 4.68 Å². The molecule has 2 heterocycles. The molecule has 2 aromatic carbocycles. The number of carbonyl (C=O) groups is 1. The van der Waals surface area contributed by atoms with Crippen LogP contribution in [0.5, 0.6) is 0 Å². The van der Waals surface area contributed by atoms with Crippen molar-refractivity contribution in [2.75, 3.05) is 18.4 Å². The van der Waals surface area contributed by atoms with Gasteiger partial charge >= 0.3 is 0 Å². The maximum atomic E-state index is 12.5. The molecule has 1 fully saturated rings. The first kappa shape index (κ1) is 19.3. The molecule has 3 aromatic rings. The summed E-state index contributed by atoms with van der Waals surface area (Å²) in [7, 11) is 0. The molecule has 1 aromatic heterocycles. The summed E-state index contributed by atoms with van der Waals surface area (Å²) in [6.07, 6.45) is 2.68. The van der Waals surface area contributed by atoms with Gasteiger partial charge in [-0.25, -0.2) is 0 Å². The maximum Gasteiger partial charge on any atom is 0.224 e. The quantitative estimate of drug-likeness (QED) is 0.699. The van der Waals surface area contributed by atoms with Crippen LogP contribution in [0.4, 0.5) is 5.69 Å². The highest BCUT2D eigenvalue weighted by Gasteiger charge is 2.21. The number of piperidine rings is 1. The second kappa shape index (κ2) is 8.96. The molecule has 0 spiro atoms. The topological polar surface area (TPSA) is 75.9 Å². The van der Waals surface area contributed by atoms with Crippen molar-refractivity contribution in [1.82, 2.24) is 25.1 Å². The summed E-state index contributed by atoms with van der Waals surface area (Å²) >= 11 is 0. The Hall–Kier alpha value is -3.06. The number of carbonyl (C=O) groups excluding carboxylic acids is 1. The standard InChI is InChI=1S/C22H26N6O/c1-17-24-25-26-28(17)21-9-5-8-20(15-21)23-22(29)14-18-10-12-27(13-11-18)16-19-6-3-2-4-7-19/h2-9,15,18H,10-14,16H2,1H3,(H,23,29). The van der Waals surface area contributed by atoms with Gasteiger partial charge in [0.15, 0.2) is 5.82 Å².